The Hall–Kier alpha value is -3.42. The number of phenolic OH excluding ortho intramolecular Hbond substituents is 1. The summed E-state index contributed by atoms with van der Waals surface area (Å²) in [5, 5.41) is 25.3. The zero-order chi connectivity index (χ0) is 18.3. The van der Waals surface area contributed by atoms with Gasteiger partial charge in [0.1, 0.15) is 11.6 Å². The van der Waals surface area contributed by atoms with Crippen LogP contribution >= 0.6 is 0 Å². The maximum atomic E-state index is 12.3. The van der Waals surface area contributed by atoms with E-state index >= 15 is 0 Å². The highest BCUT2D eigenvalue weighted by Crippen LogP contribution is 2.40. The molecule has 1 unspecified atom stereocenters. The van der Waals surface area contributed by atoms with Crippen molar-refractivity contribution in [3.63, 3.8) is 0 Å². The number of carbonyl (C=O) groups excluding carboxylic acids is 1. The number of benzene rings is 1. The molecule has 2 N–H and O–H groups in total. The number of aromatic nitrogens is 4. The summed E-state index contributed by atoms with van der Waals surface area (Å²) in [6.07, 6.45) is 0.289. The van der Waals surface area contributed by atoms with Crippen molar-refractivity contribution in [2.75, 3.05) is 12.4 Å². The van der Waals surface area contributed by atoms with E-state index < -0.39 is 0 Å². The van der Waals surface area contributed by atoms with Crippen LogP contribution in [0.15, 0.2) is 36.4 Å². The summed E-state index contributed by atoms with van der Waals surface area (Å²) in [7, 11) is 1.52. The van der Waals surface area contributed by atoms with Crippen LogP contribution in [0.4, 0.5) is 5.82 Å². The van der Waals surface area contributed by atoms with Crippen LogP contribution in [-0.4, -0.2) is 38.1 Å². The van der Waals surface area contributed by atoms with E-state index in [1.807, 2.05) is 13.0 Å². The maximum Gasteiger partial charge on any atom is 0.233 e. The molecule has 1 atom stereocenters. The van der Waals surface area contributed by atoms with Crippen molar-refractivity contribution in [1.82, 2.24) is 20.0 Å². The molecule has 0 aliphatic carbocycles. The first-order valence-electron chi connectivity index (χ1n) is 8.13. The van der Waals surface area contributed by atoms with Gasteiger partial charge in [0.15, 0.2) is 5.82 Å². The second-order valence-corrected chi connectivity index (χ2v) is 6.09. The number of anilines is 1. The molecular weight excluding hydrogens is 334 g/mol. The SMILES string of the molecule is COc1ccc(-n2nc(C)c3c2NC(=O)CC3c2cccc(O)c2)nn1. The second kappa shape index (κ2) is 6.14. The average Bonchev–Trinajstić information content (AvgIpc) is 2.97. The smallest absolute Gasteiger partial charge is 0.233 e. The first-order valence-corrected chi connectivity index (χ1v) is 8.13. The lowest BCUT2D eigenvalue weighted by molar-refractivity contribution is -0.116. The van der Waals surface area contributed by atoms with Crippen molar-refractivity contribution in [3.05, 3.63) is 53.2 Å². The monoisotopic (exact) mass is 351 g/mol. The Morgan fingerprint density at radius 2 is 2.12 bits per heavy atom. The average molecular weight is 351 g/mol. The van der Waals surface area contributed by atoms with Gasteiger partial charge < -0.3 is 15.2 Å². The lowest BCUT2D eigenvalue weighted by Crippen LogP contribution is -2.25. The number of nitrogens with zero attached hydrogens (tertiary/aromatic N) is 4. The van der Waals surface area contributed by atoms with Crippen LogP contribution in [-0.2, 0) is 4.79 Å². The van der Waals surface area contributed by atoms with E-state index in [1.54, 1.807) is 35.0 Å². The fourth-order valence-corrected chi connectivity index (χ4v) is 3.27. The fourth-order valence-electron chi connectivity index (χ4n) is 3.27. The molecule has 0 bridgehead atoms. The molecule has 0 spiro atoms. The third kappa shape index (κ3) is 2.65. The maximum absolute atomic E-state index is 12.3. The van der Waals surface area contributed by atoms with Crippen LogP contribution in [0.25, 0.3) is 5.82 Å². The molecule has 26 heavy (non-hydrogen) atoms. The molecule has 4 rings (SSSR count). The van der Waals surface area contributed by atoms with Gasteiger partial charge in [-0.25, -0.2) is 0 Å². The molecule has 132 valence electrons. The number of fused-ring (bicyclic) bond motifs is 1. The van der Waals surface area contributed by atoms with Gasteiger partial charge in [0, 0.05) is 24.0 Å². The number of ether oxygens (including phenoxy) is 1. The summed E-state index contributed by atoms with van der Waals surface area (Å²) in [4.78, 5) is 12.3. The third-order valence-electron chi connectivity index (χ3n) is 4.43. The number of rotatable bonds is 3. The van der Waals surface area contributed by atoms with Gasteiger partial charge >= 0.3 is 0 Å². The lowest BCUT2D eigenvalue weighted by atomic mass is 9.86. The van der Waals surface area contributed by atoms with E-state index in [-0.39, 0.29) is 24.0 Å². The van der Waals surface area contributed by atoms with E-state index in [1.165, 1.54) is 7.11 Å². The molecule has 0 saturated carbocycles. The largest absolute Gasteiger partial charge is 0.508 e. The molecule has 1 aromatic carbocycles. The Kier molecular flexibility index (Phi) is 3.80. The van der Waals surface area contributed by atoms with E-state index in [2.05, 4.69) is 20.6 Å². The zero-order valence-electron chi connectivity index (χ0n) is 14.3. The predicted octanol–water partition coefficient (Wildman–Crippen LogP) is 2.16. The summed E-state index contributed by atoms with van der Waals surface area (Å²) in [6, 6.07) is 10.4. The molecule has 8 heteroatoms. The fraction of sp³-hybridized carbons (Fsp3) is 0.222. The van der Waals surface area contributed by atoms with E-state index in [9.17, 15) is 9.90 Å². The molecule has 1 amide bonds. The highest BCUT2D eigenvalue weighted by molar-refractivity contribution is 5.95. The van der Waals surface area contributed by atoms with E-state index in [4.69, 9.17) is 4.74 Å². The van der Waals surface area contributed by atoms with Gasteiger partial charge in [-0.15, -0.1) is 10.2 Å². The summed E-state index contributed by atoms with van der Waals surface area (Å²) >= 11 is 0. The minimum Gasteiger partial charge on any atom is -0.508 e. The van der Waals surface area contributed by atoms with Crippen LogP contribution in [0.5, 0.6) is 11.6 Å². The van der Waals surface area contributed by atoms with Crippen molar-refractivity contribution >= 4 is 11.7 Å². The van der Waals surface area contributed by atoms with E-state index in [0.717, 1.165) is 16.8 Å². The molecule has 0 radical (unpaired) electrons. The molecule has 3 heterocycles. The summed E-state index contributed by atoms with van der Waals surface area (Å²) in [5.41, 5.74) is 2.56. The minimum absolute atomic E-state index is 0.117. The quantitative estimate of drug-likeness (QED) is 0.750. The molecule has 2 aromatic heterocycles. The summed E-state index contributed by atoms with van der Waals surface area (Å²) < 4.78 is 6.60. The number of nitrogens with one attached hydrogen (secondary N) is 1. The third-order valence-corrected chi connectivity index (χ3v) is 4.43. The van der Waals surface area contributed by atoms with Gasteiger partial charge in [-0.05, 0) is 30.7 Å². The van der Waals surface area contributed by atoms with Gasteiger partial charge in [-0.3, -0.25) is 4.79 Å². The Balaban J connectivity index is 1.84. The van der Waals surface area contributed by atoms with Crippen molar-refractivity contribution < 1.29 is 14.6 Å². The van der Waals surface area contributed by atoms with Crippen molar-refractivity contribution in [1.29, 1.82) is 0 Å². The van der Waals surface area contributed by atoms with Crippen molar-refractivity contribution in [2.45, 2.75) is 19.3 Å². The van der Waals surface area contributed by atoms with Crippen molar-refractivity contribution in [3.8, 4) is 17.4 Å². The summed E-state index contributed by atoms with van der Waals surface area (Å²) in [5.74, 6) is 1.31. The number of phenols is 1. The number of methoxy groups -OCH3 is 1. The zero-order valence-corrected chi connectivity index (χ0v) is 14.3. The minimum atomic E-state index is -0.189. The first kappa shape index (κ1) is 16.1. The number of hydrogen-bond donors (Lipinski definition) is 2. The Morgan fingerprint density at radius 3 is 2.81 bits per heavy atom. The highest BCUT2D eigenvalue weighted by Gasteiger charge is 2.33. The lowest BCUT2D eigenvalue weighted by Gasteiger charge is -2.24. The Labute approximate surface area is 149 Å². The van der Waals surface area contributed by atoms with Crippen LogP contribution in [0.3, 0.4) is 0 Å². The number of hydrogen-bond acceptors (Lipinski definition) is 6. The summed E-state index contributed by atoms with van der Waals surface area (Å²) in [6.45, 7) is 1.89. The Morgan fingerprint density at radius 1 is 1.27 bits per heavy atom. The van der Waals surface area contributed by atoms with Gasteiger partial charge in [0.05, 0.1) is 12.8 Å². The number of amides is 1. The van der Waals surface area contributed by atoms with Crippen LogP contribution in [0.1, 0.15) is 29.2 Å². The second-order valence-electron chi connectivity index (χ2n) is 6.09. The molecule has 0 saturated heterocycles. The number of aryl methyl sites for hydroxylation is 1. The van der Waals surface area contributed by atoms with Gasteiger partial charge in [0.2, 0.25) is 11.8 Å². The van der Waals surface area contributed by atoms with Crippen molar-refractivity contribution in [2.24, 2.45) is 0 Å². The topological polar surface area (TPSA) is 102 Å². The normalized spacial score (nSPS) is 16.1. The van der Waals surface area contributed by atoms with E-state index in [0.29, 0.717) is 17.5 Å². The molecular formula is C18H17N5O3. The highest BCUT2D eigenvalue weighted by atomic mass is 16.5. The predicted molar refractivity (Wildman–Crippen MR) is 93.6 cm³/mol. The molecule has 1 aliphatic rings. The Bertz CT molecular complexity index is 981. The molecule has 0 fully saturated rings. The van der Waals surface area contributed by atoms with Gasteiger partial charge in [-0.2, -0.15) is 9.78 Å². The first-order chi connectivity index (χ1) is 12.6. The molecule has 1 aliphatic heterocycles. The standard InChI is InChI=1S/C18H17N5O3/c1-10-17-13(11-4-3-5-12(24)8-11)9-15(25)19-18(17)23(22-10)14-6-7-16(26-2)21-20-14/h3-8,13,24H,9H2,1-2H3,(H,19,25). The van der Waals surface area contributed by atoms with Crippen LogP contribution in [0.2, 0.25) is 0 Å². The number of aromatic hydroxyl groups is 1. The van der Waals surface area contributed by atoms with Gasteiger partial charge in [-0.1, -0.05) is 12.1 Å². The van der Waals surface area contributed by atoms with Crippen LogP contribution < -0.4 is 10.1 Å². The molecule has 3 aromatic rings. The van der Waals surface area contributed by atoms with Crippen LogP contribution in [0, 0.1) is 6.92 Å². The van der Waals surface area contributed by atoms with Gasteiger partial charge in [0.25, 0.3) is 0 Å². The molecule has 8 nitrogen and oxygen atoms in total. The number of carbonyl (C=O) groups is 1.